The number of anilines is 1. The summed E-state index contributed by atoms with van der Waals surface area (Å²) in [6.45, 7) is 0. The predicted molar refractivity (Wildman–Crippen MR) is 269 cm³/mol. The number of hydrogen-bond acceptors (Lipinski definition) is 3. The molecule has 1 unspecified atom stereocenters. The fourth-order valence-corrected chi connectivity index (χ4v) is 9.56. The molecule has 0 saturated heterocycles. The summed E-state index contributed by atoms with van der Waals surface area (Å²) in [6, 6.07) is 78.8. The minimum Gasteiger partial charge on any atom is -0.372 e. The molecule has 0 radical (unpaired) electrons. The molecule has 1 N–H and O–H groups in total. The van der Waals surface area contributed by atoms with E-state index in [0.717, 1.165) is 33.5 Å². The number of nitrogens with one attached hydrogen (secondary N) is 1. The van der Waals surface area contributed by atoms with Crippen molar-refractivity contribution in [1.29, 1.82) is 0 Å². The van der Waals surface area contributed by atoms with E-state index in [1.54, 1.807) is 0 Å². The molecule has 0 spiro atoms. The summed E-state index contributed by atoms with van der Waals surface area (Å²) in [7, 11) is 0. The Labute approximate surface area is 372 Å². The van der Waals surface area contributed by atoms with Crippen LogP contribution in [-0.4, -0.2) is 9.97 Å². The highest BCUT2D eigenvalue weighted by atomic mass is 14.9. The molecular weight excluding hydrogens is 775 g/mol. The Kier molecular flexibility index (Phi) is 9.23. The molecule has 3 heterocycles. The zero-order valence-electron chi connectivity index (χ0n) is 35.0. The molecule has 9 aromatic carbocycles. The molecule has 300 valence electrons. The standard InChI is InChI=1S/C61H41N3/c1-3-12-40(13-4-1)42-21-25-44(26-22-42)58-51-18-7-8-19-52(51)59(45-27-23-43(24-28-45)41-14-5-2-6-15-41)54-39-49(31-34-53(54)58)48-16-11-17-50(38-48)55-35-32-46-29-30-47-33-36-57(56-20-9-10-37-62-56)64-61(47)60(46)63-55/h1-39,55,63H. The molecule has 1 aliphatic heterocycles. The molecule has 1 aliphatic rings. The van der Waals surface area contributed by atoms with Gasteiger partial charge in [-0.25, -0.2) is 4.98 Å². The van der Waals surface area contributed by atoms with Crippen molar-refractivity contribution in [2.75, 3.05) is 5.32 Å². The lowest BCUT2D eigenvalue weighted by Crippen LogP contribution is -2.13. The SMILES string of the molecule is C1=CC(c2cccc(-c3ccc4c(-c5ccc(-c6ccccc6)cc5)c5ccccc5c(-c5ccc(-c6ccccc6)cc5)c4c3)c2)Nc2c1ccc1ccc(-c3ccccn3)nc21. The highest BCUT2D eigenvalue weighted by Gasteiger charge is 2.21. The van der Waals surface area contributed by atoms with E-state index in [9.17, 15) is 0 Å². The Morgan fingerprint density at radius 2 is 0.922 bits per heavy atom. The van der Waals surface area contributed by atoms with E-state index in [1.165, 1.54) is 82.7 Å². The van der Waals surface area contributed by atoms with E-state index in [0.29, 0.717) is 0 Å². The lowest BCUT2D eigenvalue weighted by molar-refractivity contribution is 0.981. The van der Waals surface area contributed by atoms with Crippen LogP contribution in [0.25, 0.3) is 106 Å². The Morgan fingerprint density at radius 1 is 0.375 bits per heavy atom. The summed E-state index contributed by atoms with van der Waals surface area (Å²) in [6.07, 6.45) is 6.30. The molecule has 3 heteroatoms. The van der Waals surface area contributed by atoms with Gasteiger partial charge in [-0.15, -0.1) is 0 Å². The van der Waals surface area contributed by atoms with Crippen LogP contribution < -0.4 is 5.32 Å². The van der Waals surface area contributed by atoms with Crippen LogP contribution in [0.2, 0.25) is 0 Å². The van der Waals surface area contributed by atoms with E-state index in [-0.39, 0.29) is 6.04 Å². The van der Waals surface area contributed by atoms with Crippen molar-refractivity contribution in [2.45, 2.75) is 6.04 Å². The van der Waals surface area contributed by atoms with Crippen LogP contribution in [0.1, 0.15) is 17.2 Å². The molecule has 0 amide bonds. The highest BCUT2D eigenvalue weighted by molar-refractivity contribution is 6.22. The molecular formula is C61H41N3. The summed E-state index contributed by atoms with van der Waals surface area (Å²) >= 11 is 0. The van der Waals surface area contributed by atoms with E-state index in [4.69, 9.17) is 4.98 Å². The molecule has 12 rings (SSSR count). The van der Waals surface area contributed by atoms with Gasteiger partial charge in [0.1, 0.15) is 0 Å². The predicted octanol–water partition coefficient (Wildman–Crippen LogP) is 16.1. The molecule has 0 aliphatic carbocycles. The molecule has 64 heavy (non-hydrogen) atoms. The summed E-state index contributed by atoms with van der Waals surface area (Å²) in [5, 5.41) is 9.90. The number of fused-ring (bicyclic) bond motifs is 5. The van der Waals surface area contributed by atoms with Crippen molar-refractivity contribution >= 4 is 44.2 Å². The topological polar surface area (TPSA) is 37.8 Å². The van der Waals surface area contributed by atoms with Gasteiger partial charge in [0.15, 0.2) is 0 Å². The molecule has 2 aromatic heterocycles. The van der Waals surface area contributed by atoms with Gasteiger partial charge >= 0.3 is 0 Å². The van der Waals surface area contributed by atoms with Crippen molar-refractivity contribution in [2.24, 2.45) is 0 Å². The van der Waals surface area contributed by atoms with Crippen LogP contribution >= 0.6 is 0 Å². The van der Waals surface area contributed by atoms with Gasteiger partial charge in [0.05, 0.1) is 28.6 Å². The Bertz CT molecular complexity index is 3540. The number of pyridine rings is 2. The summed E-state index contributed by atoms with van der Waals surface area (Å²) in [4.78, 5) is 9.72. The second-order valence-corrected chi connectivity index (χ2v) is 16.6. The smallest absolute Gasteiger partial charge is 0.0947 e. The third kappa shape index (κ3) is 6.72. The van der Waals surface area contributed by atoms with Crippen LogP contribution in [0.5, 0.6) is 0 Å². The number of nitrogens with zero attached hydrogens (tertiary/aromatic N) is 2. The van der Waals surface area contributed by atoms with Gasteiger partial charge < -0.3 is 5.32 Å². The van der Waals surface area contributed by atoms with Crippen molar-refractivity contribution in [3.63, 3.8) is 0 Å². The van der Waals surface area contributed by atoms with Crippen LogP contribution in [0, 0.1) is 0 Å². The number of rotatable bonds is 7. The maximum absolute atomic E-state index is 5.14. The zero-order valence-corrected chi connectivity index (χ0v) is 35.0. The molecule has 1 atom stereocenters. The van der Waals surface area contributed by atoms with Crippen LogP contribution in [0.4, 0.5) is 5.69 Å². The van der Waals surface area contributed by atoms with Gasteiger partial charge in [0, 0.05) is 11.6 Å². The first-order chi connectivity index (χ1) is 31.7. The number of aromatic nitrogens is 2. The Hall–Kier alpha value is -8.40. The average molecular weight is 816 g/mol. The van der Waals surface area contributed by atoms with Gasteiger partial charge in [-0.05, 0) is 119 Å². The second-order valence-electron chi connectivity index (χ2n) is 16.6. The van der Waals surface area contributed by atoms with Crippen molar-refractivity contribution in [3.05, 3.63) is 242 Å². The monoisotopic (exact) mass is 815 g/mol. The molecule has 0 bridgehead atoms. The number of hydrogen-bond donors (Lipinski definition) is 1. The first-order valence-corrected chi connectivity index (χ1v) is 21.9. The molecule has 0 fully saturated rings. The maximum Gasteiger partial charge on any atom is 0.0947 e. The van der Waals surface area contributed by atoms with Crippen LogP contribution in [-0.2, 0) is 0 Å². The van der Waals surface area contributed by atoms with Crippen molar-refractivity contribution < 1.29 is 0 Å². The van der Waals surface area contributed by atoms with E-state index < -0.39 is 0 Å². The second kappa shape index (κ2) is 15.8. The minimum atomic E-state index is -0.0353. The van der Waals surface area contributed by atoms with Gasteiger partial charge in [0.25, 0.3) is 0 Å². The highest BCUT2D eigenvalue weighted by Crippen LogP contribution is 2.46. The molecule has 0 saturated carbocycles. The van der Waals surface area contributed by atoms with E-state index in [1.807, 2.05) is 24.4 Å². The third-order valence-corrected chi connectivity index (χ3v) is 12.8. The Morgan fingerprint density at radius 3 is 1.59 bits per heavy atom. The van der Waals surface area contributed by atoms with Gasteiger partial charge in [-0.1, -0.05) is 200 Å². The maximum atomic E-state index is 5.14. The fraction of sp³-hybridized carbons (Fsp3) is 0.0164. The average Bonchev–Trinajstić information content (AvgIpc) is 3.38. The van der Waals surface area contributed by atoms with Gasteiger partial charge in [-0.2, -0.15) is 0 Å². The fourth-order valence-electron chi connectivity index (χ4n) is 9.56. The van der Waals surface area contributed by atoms with Gasteiger partial charge in [-0.3, -0.25) is 4.98 Å². The molecule has 11 aromatic rings. The Balaban J connectivity index is 0.983. The van der Waals surface area contributed by atoms with Crippen LogP contribution in [0.3, 0.4) is 0 Å². The third-order valence-electron chi connectivity index (χ3n) is 12.8. The summed E-state index contributed by atoms with van der Waals surface area (Å²) in [5.41, 5.74) is 18.1. The zero-order chi connectivity index (χ0) is 42.4. The largest absolute Gasteiger partial charge is 0.372 e. The summed E-state index contributed by atoms with van der Waals surface area (Å²) in [5.74, 6) is 0. The normalized spacial score (nSPS) is 13.2. The van der Waals surface area contributed by atoms with E-state index >= 15 is 0 Å². The first-order valence-electron chi connectivity index (χ1n) is 21.9. The summed E-state index contributed by atoms with van der Waals surface area (Å²) < 4.78 is 0. The minimum absolute atomic E-state index is 0.0353. The lowest BCUT2D eigenvalue weighted by atomic mass is 9.84. The van der Waals surface area contributed by atoms with E-state index in [2.05, 4.69) is 223 Å². The molecule has 3 nitrogen and oxygen atoms in total. The number of benzene rings is 9. The van der Waals surface area contributed by atoms with Gasteiger partial charge in [0.2, 0.25) is 0 Å². The van der Waals surface area contributed by atoms with Crippen LogP contribution in [0.15, 0.2) is 231 Å². The van der Waals surface area contributed by atoms with Crippen molar-refractivity contribution in [3.8, 4) is 67.0 Å². The first kappa shape index (κ1) is 37.4. The lowest BCUT2D eigenvalue weighted by Gasteiger charge is -2.24. The van der Waals surface area contributed by atoms with Crippen molar-refractivity contribution in [1.82, 2.24) is 9.97 Å². The quantitative estimate of drug-likeness (QED) is 0.163.